The first-order chi connectivity index (χ1) is 19.0. The monoisotopic (exact) mass is 584 g/mol. The van der Waals surface area contributed by atoms with Gasteiger partial charge in [-0.25, -0.2) is 5.48 Å². The summed E-state index contributed by atoms with van der Waals surface area (Å²) in [7, 11) is 0. The smallest absolute Gasteiger partial charge is 0.255 e. The van der Waals surface area contributed by atoms with Gasteiger partial charge in [-0.1, -0.05) is 72.3 Å². The van der Waals surface area contributed by atoms with Crippen molar-refractivity contribution in [1.29, 1.82) is 0 Å². The van der Waals surface area contributed by atoms with E-state index in [1.54, 1.807) is 42.5 Å². The highest BCUT2D eigenvalue weighted by atomic mass is 35.5. The van der Waals surface area contributed by atoms with Gasteiger partial charge in [0, 0.05) is 40.1 Å². The van der Waals surface area contributed by atoms with Crippen LogP contribution in [0, 0.1) is 0 Å². The molecule has 0 radical (unpaired) electrons. The number of hydrogen-bond acceptors (Lipinski definition) is 6. The molecule has 3 aromatic rings. The Balaban J connectivity index is 1.58. The lowest BCUT2D eigenvalue weighted by Crippen LogP contribution is -2.57. The van der Waals surface area contributed by atoms with Crippen molar-refractivity contribution in [1.82, 2.24) is 20.1 Å². The van der Waals surface area contributed by atoms with E-state index in [9.17, 15) is 9.59 Å². The fraction of sp³-hybridized carbons (Fsp3) is 0.345. The molecule has 2 aliphatic rings. The molecule has 0 saturated heterocycles. The van der Waals surface area contributed by atoms with Gasteiger partial charge >= 0.3 is 0 Å². The van der Waals surface area contributed by atoms with Crippen molar-refractivity contribution in [2.75, 3.05) is 6.26 Å². The van der Waals surface area contributed by atoms with Crippen molar-refractivity contribution in [3.8, 4) is 0 Å². The second-order valence-electron chi connectivity index (χ2n) is 9.78. The summed E-state index contributed by atoms with van der Waals surface area (Å²) in [6.07, 6.45) is 9.15. The molecule has 0 unspecified atom stereocenters. The summed E-state index contributed by atoms with van der Waals surface area (Å²) < 4.78 is 3.51. The number of pyridine rings is 1. The molecular weight excluding hydrogens is 555 g/mol. The van der Waals surface area contributed by atoms with E-state index >= 15 is 0 Å². The zero-order chi connectivity index (χ0) is 27.4. The molecule has 2 amide bonds. The molecule has 0 bridgehead atoms. The van der Waals surface area contributed by atoms with Gasteiger partial charge in [-0.2, -0.15) is 0 Å². The largest absolute Gasteiger partial charge is 0.326 e. The molecule has 39 heavy (non-hydrogen) atoms. The average Bonchev–Trinajstić information content (AvgIpc) is 2.94. The Labute approximate surface area is 242 Å². The van der Waals surface area contributed by atoms with Crippen LogP contribution >= 0.6 is 35.1 Å². The summed E-state index contributed by atoms with van der Waals surface area (Å²) in [5, 5.41) is 0.893. The van der Waals surface area contributed by atoms with Crippen LogP contribution in [0.3, 0.4) is 0 Å². The van der Waals surface area contributed by atoms with E-state index in [0.717, 1.165) is 31.2 Å². The van der Waals surface area contributed by atoms with Crippen LogP contribution in [-0.2, 0) is 16.2 Å². The predicted molar refractivity (Wildman–Crippen MR) is 154 cm³/mol. The summed E-state index contributed by atoms with van der Waals surface area (Å²) >= 11 is 14.6. The molecule has 204 valence electrons. The van der Waals surface area contributed by atoms with Gasteiger partial charge < -0.3 is 4.90 Å². The lowest BCUT2D eigenvalue weighted by molar-refractivity contribution is -0.138. The molecule has 4 atom stereocenters. The van der Waals surface area contributed by atoms with Crippen molar-refractivity contribution in [3.05, 3.63) is 99.3 Å². The quantitative estimate of drug-likeness (QED) is 0.246. The van der Waals surface area contributed by atoms with Crippen molar-refractivity contribution in [2.24, 2.45) is 0 Å². The highest BCUT2D eigenvalue weighted by Crippen LogP contribution is 2.47. The second kappa shape index (κ2) is 12.7. The summed E-state index contributed by atoms with van der Waals surface area (Å²) in [4.78, 5) is 39.8. The number of hydroxylamine groups is 1. The molecule has 7 nitrogen and oxygen atoms in total. The van der Waals surface area contributed by atoms with Gasteiger partial charge in [-0.15, -0.1) is 0 Å². The first-order valence-corrected chi connectivity index (χ1v) is 14.9. The number of fused-ring (bicyclic) bond motifs is 1. The summed E-state index contributed by atoms with van der Waals surface area (Å²) in [5.74, 6) is -1.22. The molecular formula is C29H30Cl2N4O3S. The SMILES string of the molecule is CSN[C@H]1CCCC[C@@H]1N1C(=O)c2ccccc2[C@@H](C(=O)NOCc2ccncc2)[C@@H]1c1ccc(Cl)cc1Cl. The third-order valence-corrected chi connectivity index (χ3v) is 8.56. The highest BCUT2D eigenvalue weighted by Gasteiger charge is 2.49. The fourth-order valence-electron chi connectivity index (χ4n) is 5.74. The summed E-state index contributed by atoms with van der Waals surface area (Å²) in [6.45, 7) is 0.181. The zero-order valence-corrected chi connectivity index (χ0v) is 23.8. The number of halogens is 2. The van der Waals surface area contributed by atoms with Crippen molar-refractivity contribution >= 4 is 47.0 Å². The number of hydrogen-bond donors (Lipinski definition) is 2. The predicted octanol–water partition coefficient (Wildman–Crippen LogP) is 6.10. The van der Waals surface area contributed by atoms with E-state index in [2.05, 4.69) is 15.2 Å². The molecule has 5 rings (SSSR count). The van der Waals surface area contributed by atoms with E-state index in [1.807, 2.05) is 47.6 Å². The third kappa shape index (κ3) is 5.95. The van der Waals surface area contributed by atoms with Crippen molar-refractivity contribution in [3.63, 3.8) is 0 Å². The van der Waals surface area contributed by atoms with E-state index in [1.165, 1.54) is 0 Å². The van der Waals surface area contributed by atoms with Crippen molar-refractivity contribution in [2.45, 2.75) is 56.3 Å². The Hall–Kier alpha value is -2.62. The molecule has 0 spiro atoms. The minimum Gasteiger partial charge on any atom is -0.326 e. The standard InChI is InChI=1S/C29H30Cl2N4O3S/c1-39-34-24-8-4-5-9-25(24)35-27(22-11-10-19(30)16-23(22)31)26(20-6-2-3-7-21(20)29(35)37)28(36)33-38-17-18-12-14-32-15-13-18/h2-3,6-7,10-16,24-27,34H,4-5,8-9,17H2,1H3,(H,33,36)/t24-,25-,26+,27-/m0/s1. The lowest BCUT2D eigenvalue weighted by atomic mass is 9.76. The fourth-order valence-corrected chi connectivity index (χ4v) is 6.84. The molecule has 1 fully saturated rings. The molecule has 2 N–H and O–H groups in total. The van der Waals surface area contributed by atoms with Gasteiger partial charge in [-0.05, 0) is 66.1 Å². The minimum atomic E-state index is -0.758. The Morgan fingerprint density at radius 3 is 2.62 bits per heavy atom. The Bertz CT molecular complexity index is 1330. The van der Waals surface area contributed by atoms with Crippen LogP contribution in [0.2, 0.25) is 10.0 Å². The Kier molecular flexibility index (Phi) is 9.10. The maximum Gasteiger partial charge on any atom is 0.255 e. The number of carbonyl (C=O) groups excluding carboxylic acids is 2. The zero-order valence-electron chi connectivity index (χ0n) is 21.5. The summed E-state index contributed by atoms with van der Waals surface area (Å²) in [5.41, 5.74) is 5.36. The first kappa shape index (κ1) is 27.9. The maximum atomic E-state index is 14.2. The first-order valence-electron chi connectivity index (χ1n) is 12.9. The molecule has 1 aromatic heterocycles. The van der Waals surface area contributed by atoms with Gasteiger partial charge in [0.2, 0.25) is 0 Å². The van der Waals surface area contributed by atoms with E-state index in [-0.39, 0.29) is 30.5 Å². The number of carbonyl (C=O) groups is 2. The molecule has 1 aliphatic carbocycles. The number of aromatic nitrogens is 1. The molecule has 2 heterocycles. The van der Waals surface area contributed by atoms with Crippen LogP contribution in [-0.4, -0.2) is 40.0 Å². The van der Waals surface area contributed by atoms with Gasteiger partial charge in [0.05, 0.1) is 18.6 Å². The molecule has 2 aromatic carbocycles. The topological polar surface area (TPSA) is 83.6 Å². The van der Waals surface area contributed by atoms with Gasteiger partial charge in [0.1, 0.15) is 0 Å². The molecule has 1 aliphatic heterocycles. The van der Waals surface area contributed by atoms with Crippen LogP contribution in [0.15, 0.2) is 67.0 Å². The van der Waals surface area contributed by atoms with Crippen LogP contribution < -0.4 is 10.2 Å². The van der Waals surface area contributed by atoms with Gasteiger partial charge in [0.15, 0.2) is 0 Å². The third-order valence-electron chi connectivity index (χ3n) is 7.46. The van der Waals surface area contributed by atoms with Crippen molar-refractivity contribution < 1.29 is 14.4 Å². The average molecular weight is 586 g/mol. The second-order valence-corrected chi connectivity index (χ2v) is 11.3. The molecule has 10 heteroatoms. The Morgan fingerprint density at radius 1 is 1.08 bits per heavy atom. The maximum absolute atomic E-state index is 14.2. The Morgan fingerprint density at radius 2 is 1.85 bits per heavy atom. The van der Waals surface area contributed by atoms with Crippen LogP contribution in [0.5, 0.6) is 0 Å². The summed E-state index contributed by atoms with van der Waals surface area (Å²) in [6, 6.07) is 15.5. The van der Waals surface area contributed by atoms with Gasteiger partial charge in [0.25, 0.3) is 11.8 Å². The van der Waals surface area contributed by atoms with Crippen LogP contribution in [0.1, 0.15) is 64.7 Å². The van der Waals surface area contributed by atoms with E-state index in [0.29, 0.717) is 26.7 Å². The molecule has 1 saturated carbocycles. The van der Waals surface area contributed by atoms with E-state index in [4.69, 9.17) is 28.0 Å². The minimum absolute atomic E-state index is 0.0724. The normalized spacial score (nSPS) is 22.8. The number of amides is 2. The van der Waals surface area contributed by atoms with Crippen LogP contribution in [0.4, 0.5) is 0 Å². The van der Waals surface area contributed by atoms with E-state index < -0.39 is 12.0 Å². The highest BCUT2D eigenvalue weighted by molar-refractivity contribution is 7.96. The number of rotatable bonds is 8. The number of nitrogens with zero attached hydrogens (tertiary/aromatic N) is 2. The van der Waals surface area contributed by atoms with Crippen LogP contribution in [0.25, 0.3) is 0 Å². The number of nitrogens with one attached hydrogen (secondary N) is 2. The van der Waals surface area contributed by atoms with Gasteiger partial charge in [-0.3, -0.25) is 24.1 Å². The number of benzene rings is 2. The lowest BCUT2D eigenvalue weighted by Gasteiger charge is -2.49.